The molecule has 0 aromatic heterocycles. The van der Waals surface area contributed by atoms with E-state index in [4.69, 9.17) is 5.73 Å². The number of imide groups is 1. The Morgan fingerprint density at radius 2 is 1.96 bits per heavy atom. The van der Waals surface area contributed by atoms with Crippen molar-refractivity contribution >= 4 is 23.4 Å². The molecule has 0 aliphatic carbocycles. The SMILES string of the molecule is CCCCc1ccc(N2C(=O)CC(N3CCCC(C(N)=O)C3)C2=O)cc1. The lowest BCUT2D eigenvalue weighted by molar-refractivity contribution is -0.127. The van der Waals surface area contributed by atoms with Gasteiger partial charge in [-0.25, -0.2) is 4.90 Å². The second-order valence-electron chi connectivity index (χ2n) is 7.29. The number of piperidine rings is 1. The molecule has 6 heteroatoms. The third-order valence-electron chi connectivity index (χ3n) is 5.43. The van der Waals surface area contributed by atoms with Crippen molar-refractivity contribution in [1.29, 1.82) is 0 Å². The second kappa shape index (κ2) is 7.99. The number of anilines is 1. The van der Waals surface area contributed by atoms with Crippen LogP contribution in [-0.2, 0) is 20.8 Å². The third-order valence-corrected chi connectivity index (χ3v) is 5.43. The molecular formula is C20H27N3O3. The van der Waals surface area contributed by atoms with Crippen molar-refractivity contribution in [2.24, 2.45) is 11.7 Å². The molecular weight excluding hydrogens is 330 g/mol. The summed E-state index contributed by atoms with van der Waals surface area (Å²) in [6.07, 6.45) is 5.00. The molecule has 26 heavy (non-hydrogen) atoms. The van der Waals surface area contributed by atoms with Gasteiger partial charge in [0.1, 0.15) is 0 Å². The Kier molecular flexibility index (Phi) is 5.71. The largest absolute Gasteiger partial charge is 0.369 e. The highest BCUT2D eigenvalue weighted by molar-refractivity contribution is 6.22. The van der Waals surface area contributed by atoms with Crippen LogP contribution >= 0.6 is 0 Å². The molecule has 0 bridgehead atoms. The van der Waals surface area contributed by atoms with E-state index >= 15 is 0 Å². The van der Waals surface area contributed by atoms with Gasteiger partial charge in [-0.1, -0.05) is 25.5 Å². The molecule has 2 heterocycles. The van der Waals surface area contributed by atoms with Gasteiger partial charge < -0.3 is 5.73 Å². The number of benzene rings is 1. The van der Waals surface area contributed by atoms with Crippen molar-refractivity contribution in [3.05, 3.63) is 29.8 Å². The van der Waals surface area contributed by atoms with Gasteiger partial charge in [-0.05, 0) is 49.9 Å². The van der Waals surface area contributed by atoms with Crippen LogP contribution in [0, 0.1) is 5.92 Å². The number of likely N-dealkylation sites (tertiary alicyclic amines) is 1. The zero-order valence-electron chi connectivity index (χ0n) is 15.3. The predicted octanol–water partition coefficient (Wildman–Crippen LogP) is 1.86. The number of primary amides is 1. The number of carbonyl (C=O) groups excluding carboxylic acids is 3. The van der Waals surface area contributed by atoms with Gasteiger partial charge in [0.15, 0.2) is 0 Å². The Morgan fingerprint density at radius 3 is 2.62 bits per heavy atom. The first-order valence-corrected chi connectivity index (χ1v) is 9.50. The van der Waals surface area contributed by atoms with Gasteiger partial charge in [-0.15, -0.1) is 0 Å². The summed E-state index contributed by atoms with van der Waals surface area (Å²) in [5, 5.41) is 0. The topological polar surface area (TPSA) is 83.7 Å². The maximum absolute atomic E-state index is 12.9. The summed E-state index contributed by atoms with van der Waals surface area (Å²) in [7, 11) is 0. The first-order valence-electron chi connectivity index (χ1n) is 9.50. The molecule has 140 valence electrons. The van der Waals surface area contributed by atoms with Crippen LogP contribution in [0.25, 0.3) is 0 Å². The summed E-state index contributed by atoms with van der Waals surface area (Å²) in [6.45, 7) is 3.33. The fraction of sp³-hybridized carbons (Fsp3) is 0.550. The highest BCUT2D eigenvalue weighted by Gasteiger charge is 2.44. The van der Waals surface area contributed by atoms with E-state index in [1.54, 1.807) is 0 Å². The maximum atomic E-state index is 12.9. The van der Waals surface area contributed by atoms with E-state index in [-0.39, 0.29) is 30.1 Å². The molecule has 0 saturated carbocycles. The van der Waals surface area contributed by atoms with Gasteiger partial charge >= 0.3 is 0 Å². The van der Waals surface area contributed by atoms with Crippen LogP contribution in [0.1, 0.15) is 44.6 Å². The van der Waals surface area contributed by atoms with E-state index in [0.29, 0.717) is 12.2 Å². The Bertz CT molecular complexity index is 686. The molecule has 2 N–H and O–H groups in total. The summed E-state index contributed by atoms with van der Waals surface area (Å²) < 4.78 is 0. The second-order valence-corrected chi connectivity index (χ2v) is 7.29. The van der Waals surface area contributed by atoms with Crippen LogP contribution in [-0.4, -0.2) is 41.8 Å². The molecule has 2 atom stereocenters. The van der Waals surface area contributed by atoms with Crippen molar-refractivity contribution in [1.82, 2.24) is 4.90 Å². The molecule has 2 saturated heterocycles. The van der Waals surface area contributed by atoms with Crippen LogP contribution in [0.4, 0.5) is 5.69 Å². The number of hydrogen-bond acceptors (Lipinski definition) is 4. The van der Waals surface area contributed by atoms with Crippen LogP contribution < -0.4 is 10.6 Å². The normalized spacial score (nSPS) is 24.3. The highest BCUT2D eigenvalue weighted by atomic mass is 16.2. The first kappa shape index (κ1) is 18.6. The molecule has 6 nitrogen and oxygen atoms in total. The van der Waals surface area contributed by atoms with E-state index < -0.39 is 6.04 Å². The lowest BCUT2D eigenvalue weighted by Gasteiger charge is -2.34. The number of rotatable bonds is 6. The van der Waals surface area contributed by atoms with Gasteiger partial charge in [-0.2, -0.15) is 0 Å². The zero-order valence-corrected chi connectivity index (χ0v) is 15.3. The van der Waals surface area contributed by atoms with E-state index in [1.165, 1.54) is 10.5 Å². The number of nitrogens with zero attached hydrogens (tertiary/aromatic N) is 2. The van der Waals surface area contributed by atoms with Gasteiger partial charge in [-0.3, -0.25) is 19.3 Å². The fourth-order valence-corrected chi connectivity index (χ4v) is 3.89. The molecule has 1 aromatic carbocycles. The molecule has 0 spiro atoms. The minimum absolute atomic E-state index is 0.169. The Balaban J connectivity index is 1.71. The molecule has 2 fully saturated rings. The smallest absolute Gasteiger partial charge is 0.251 e. The van der Waals surface area contributed by atoms with E-state index in [9.17, 15) is 14.4 Å². The number of unbranched alkanes of at least 4 members (excludes halogenated alkanes) is 1. The monoisotopic (exact) mass is 357 g/mol. The number of nitrogens with two attached hydrogens (primary N) is 1. The van der Waals surface area contributed by atoms with Crippen molar-refractivity contribution in [2.75, 3.05) is 18.0 Å². The van der Waals surface area contributed by atoms with Crippen molar-refractivity contribution in [3.63, 3.8) is 0 Å². The third kappa shape index (κ3) is 3.80. The molecule has 1 aromatic rings. The Morgan fingerprint density at radius 1 is 1.23 bits per heavy atom. The summed E-state index contributed by atoms with van der Waals surface area (Å²) in [5.74, 6) is -0.937. The van der Waals surface area contributed by atoms with Crippen molar-refractivity contribution < 1.29 is 14.4 Å². The van der Waals surface area contributed by atoms with E-state index in [1.807, 2.05) is 29.2 Å². The Labute approximate surface area is 154 Å². The van der Waals surface area contributed by atoms with Crippen molar-refractivity contribution in [3.8, 4) is 0 Å². The highest BCUT2D eigenvalue weighted by Crippen LogP contribution is 2.29. The molecule has 2 unspecified atom stereocenters. The summed E-state index contributed by atoms with van der Waals surface area (Å²) in [5.41, 5.74) is 7.27. The maximum Gasteiger partial charge on any atom is 0.251 e. The van der Waals surface area contributed by atoms with Gasteiger partial charge in [0, 0.05) is 6.54 Å². The standard InChI is InChI=1S/C20H27N3O3/c1-2-3-5-14-7-9-16(10-8-14)23-18(24)12-17(20(23)26)22-11-4-6-15(13-22)19(21)25/h7-10,15,17H,2-6,11-13H2,1H3,(H2,21,25). The predicted molar refractivity (Wildman–Crippen MR) is 99.4 cm³/mol. The lowest BCUT2D eigenvalue weighted by atomic mass is 9.96. The van der Waals surface area contributed by atoms with E-state index in [2.05, 4.69) is 6.92 Å². The van der Waals surface area contributed by atoms with Gasteiger partial charge in [0.2, 0.25) is 11.8 Å². The average Bonchev–Trinajstić information content (AvgIpc) is 2.95. The first-order chi connectivity index (χ1) is 12.5. The number of carbonyl (C=O) groups is 3. The van der Waals surface area contributed by atoms with Crippen molar-refractivity contribution in [2.45, 2.75) is 51.5 Å². The summed E-state index contributed by atoms with van der Waals surface area (Å²) in [6, 6.07) is 7.20. The van der Waals surface area contributed by atoms with E-state index in [0.717, 1.165) is 38.6 Å². The van der Waals surface area contributed by atoms with Crippen LogP contribution in [0.3, 0.4) is 0 Å². The molecule has 3 rings (SSSR count). The van der Waals surface area contributed by atoms with Crippen LogP contribution in [0.5, 0.6) is 0 Å². The summed E-state index contributed by atoms with van der Waals surface area (Å²) in [4.78, 5) is 40.1. The Hall–Kier alpha value is -2.21. The average molecular weight is 357 g/mol. The van der Waals surface area contributed by atoms with Gasteiger partial charge in [0.25, 0.3) is 5.91 Å². The minimum atomic E-state index is -0.482. The fourth-order valence-electron chi connectivity index (χ4n) is 3.89. The number of amides is 3. The molecule has 2 aliphatic heterocycles. The zero-order chi connectivity index (χ0) is 18.7. The molecule has 2 aliphatic rings. The molecule has 0 radical (unpaired) electrons. The minimum Gasteiger partial charge on any atom is -0.369 e. The molecule has 3 amide bonds. The van der Waals surface area contributed by atoms with Gasteiger partial charge in [0.05, 0.1) is 24.1 Å². The number of aryl methyl sites for hydroxylation is 1. The quantitative estimate of drug-likeness (QED) is 0.788. The lowest BCUT2D eigenvalue weighted by Crippen LogP contribution is -2.49. The summed E-state index contributed by atoms with van der Waals surface area (Å²) >= 11 is 0. The van der Waals surface area contributed by atoms with Crippen LogP contribution in [0.2, 0.25) is 0 Å². The number of hydrogen-bond donors (Lipinski definition) is 1. The van der Waals surface area contributed by atoms with Crippen LogP contribution in [0.15, 0.2) is 24.3 Å².